The van der Waals surface area contributed by atoms with Gasteiger partial charge in [-0.25, -0.2) is 5.01 Å². The van der Waals surface area contributed by atoms with E-state index >= 15 is 0 Å². The van der Waals surface area contributed by atoms with E-state index < -0.39 is 0 Å². The number of hydrazine groups is 1. The number of carbonyl (C=O) groups excluding carboxylic acids is 1. The Morgan fingerprint density at radius 3 is 2.67 bits per heavy atom. The summed E-state index contributed by atoms with van der Waals surface area (Å²) < 4.78 is 10.6. The van der Waals surface area contributed by atoms with Gasteiger partial charge in [0.25, 0.3) is 5.91 Å². The second kappa shape index (κ2) is 6.98. The number of nitrogens with zero attached hydrogens (tertiary/aromatic N) is 1. The lowest BCUT2D eigenvalue weighted by molar-refractivity contribution is 0.0856. The molecule has 1 aromatic rings. The molecule has 0 heterocycles. The van der Waals surface area contributed by atoms with Crippen LogP contribution >= 0.6 is 0 Å². The topological polar surface area (TPSA) is 50.8 Å². The molecule has 1 N–H and O–H groups in total. The van der Waals surface area contributed by atoms with Crippen LogP contribution in [0.3, 0.4) is 0 Å². The average Bonchev–Trinajstić information content (AvgIpc) is 2.35. The van der Waals surface area contributed by atoms with Crippen molar-refractivity contribution in [2.75, 3.05) is 27.8 Å². The van der Waals surface area contributed by atoms with Crippen molar-refractivity contribution < 1.29 is 14.3 Å². The highest BCUT2D eigenvalue weighted by Gasteiger charge is 2.10. The number of benzene rings is 1. The van der Waals surface area contributed by atoms with Crippen LogP contribution in [0.4, 0.5) is 0 Å². The summed E-state index contributed by atoms with van der Waals surface area (Å²) in [5, 5.41) is 1.61. The van der Waals surface area contributed by atoms with Crippen LogP contribution < -0.4 is 10.2 Å². The number of methoxy groups -OCH3 is 1. The van der Waals surface area contributed by atoms with E-state index in [1.54, 1.807) is 44.4 Å². The van der Waals surface area contributed by atoms with Crippen molar-refractivity contribution in [2.45, 2.75) is 13.5 Å². The summed E-state index contributed by atoms with van der Waals surface area (Å²) in [6.07, 6.45) is 0. The quantitative estimate of drug-likeness (QED) is 0.778. The van der Waals surface area contributed by atoms with Gasteiger partial charge in [0.1, 0.15) is 5.75 Å². The molecule has 0 spiro atoms. The van der Waals surface area contributed by atoms with E-state index in [1.165, 1.54) is 0 Å². The van der Waals surface area contributed by atoms with Crippen LogP contribution in [0.25, 0.3) is 0 Å². The SMILES string of the molecule is CCOCc1cc(C(=O)NN(C)C)ccc1OC. The van der Waals surface area contributed by atoms with Crippen LogP contribution in [0, 0.1) is 0 Å². The fraction of sp³-hybridized carbons (Fsp3) is 0.462. The zero-order chi connectivity index (χ0) is 13.5. The summed E-state index contributed by atoms with van der Waals surface area (Å²) >= 11 is 0. The molecular formula is C13H20N2O3. The zero-order valence-corrected chi connectivity index (χ0v) is 11.3. The van der Waals surface area contributed by atoms with Crippen molar-refractivity contribution >= 4 is 5.91 Å². The van der Waals surface area contributed by atoms with Gasteiger partial charge in [0.05, 0.1) is 13.7 Å². The predicted molar refractivity (Wildman–Crippen MR) is 69.5 cm³/mol. The van der Waals surface area contributed by atoms with E-state index in [-0.39, 0.29) is 5.91 Å². The van der Waals surface area contributed by atoms with Crippen molar-refractivity contribution in [3.05, 3.63) is 29.3 Å². The molecule has 0 fully saturated rings. The van der Waals surface area contributed by atoms with Gasteiger partial charge in [-0.1, -0.05) is 0 Å². The lowest BCUT2D eigenvalue weighted by Gasteiger charge is -2.14. The molecule has 1 aromatic carbocycles. The van der Waals surface area contributed by atoms with Crippen LogP contribution in [0.15, 0.2) is 18.2 Å². The van der Waals surface area contributed by atoms with Crippen molar-refractivity contribution in [3.8, 4) is 5.75 Å². The molecule has 0 aliphatic heterocycles. The Bertz CT molecular complexity index is 405. The highest BCUT2D eigenvalue weighted by Crippen LogP contribution is 2.20. The second-order valence-corrected chi connectivity index (χ2v) is 4.00. The Balaban J connectivity index is 2.91. The fourth-order valence-electron chi connectivity index (χ4n) is 1.51. The molecule has 5 nitrogen and oxygen atoms in total. The molecule has 1 amide bonds. The average molecular weight is 252 g/mol. The Morgan fingerprint density at radius 1 is 1.39 bits per heavy atom. The monoisotopic (exact) mass is 252 g/mol. The number of carbonyl (C=O) groups is 1. The van der Waals surface area contributed by atoms with Crippen LogP contribution in [-0.4, -0.2) is 38.7 Å². The number of hydrogen-bond donors (Lipinski definition) is 1. The Hall–Kier alpha value is -1.59. The van der Waals surface area contributed by atoms with E-state index in [1.807, 2.05) is 6.92 Å². The molecule has 0 saturated heterocycles. The molecule has 0 aliphatic rings. The number of rotatable bonds is 6. The smallest absolute Gasteiger partial charge is 0.265 e. The third kappa shape index (κ3) is 4.01. The van der Waals surface area contributed by atoms with Gasteiger partial charge in [-0.15, -0.1) is 0 Å². The predicted octanol–water partition coefficient (Wildman–Crippen LogP) is 1.44. The standard InChI is InChI=1S/C13H20N2O3/c1-5-18-9-11-8-10(6-7-12(11)17-4)13(16)14-15(2)3/h6-8H,5,9H2,1-4H3,(H,14,16). The molecule has 5 heteroatoms. The number of hydrogen-bond acceptors (Lipinski definition) is 4. The summed E-state index contributed by atoms with van der Waals surface area (Å²) in [4.78, 5) is 11.8. The van der Waals surface area contributed by atoms with Crippen molar-refractivity contribution in [1.29, 1.82) is 0 Å². The number of ether oxygens (including phenoxy) is 2. The van der Waals surface area contributed by atoms with Gasteiger partial charge in [-0.3, -0.25) is 10.2 Å². The van der Waals surface area contributed by atoms with Gasteiger partial charge in [0.15, 0.2) is 0 Å². The van der Waals surface area contributed by atoms with Crippen molar-refractivity contribution in [1.82, 2.24) is 10.4 Å². The minimum atomic E-state index is -0.152. The summed E-state index contributed by atoms with van der Waals surface area (Å²) in [7, 11) is 5.13. The highest BCUT2D eigenvalue weighted by atomic mass is 16.5. The van der Waals surface area contributed by atoms with Crippen LogP contribution in [0.5, 0.6) is 5.75 Å². The van der Waals surface area contributed by atoms with Crippen LogP contribution in [-0.2, 0) is 11.3 Å². The third-order valence-electron chi connectivity index (χ3n) is 2.33. The van der Waals surface area contributed by atoms with Crippen molar-refractivity contribution in [3.63, 3.8) is 0 Å². The fourth-order valence-corrected chi connectivity index (χ4v) is 1.51. The van der Waals surface area contributed by atoms with Gasteiger partial charge in [0, 0.05) is 31.8 Å². The van der Waals surface area contributed by atoms with Gasteiger partial charge in [-0.2, -0.15) is 0 Å². The highest BCUT2D eigenvalue weighted by molar-refractivity contribution is 5.94. The molecule has 0 atom stereocenters. The minimum Gasteiger partial charge on any atom is -0.496 e. The molecule has 0 aliphatic carbocycles. The first-order chi connectivity index (χ1) is 8.58. The Morgan fingerprint density at radius 2 is 2.11 bits per heavy atom. The van der Waals surface area contributed by atoms with E-state index in [2.05, 4.69) is 5.43 Å². The minimum absolute atomic E-state index is 0.152. The molecule has 0 bridgehead atoms. The summed E-state index contributed by atoms with van der Waals surface area (Å²) in [5.74, 6) is 0.574. The third-order valence-corrected chi connectivity index (χ3v) is 2.33. The molecule has 0 aromatic heterocycles. The largest absolute Gasteiger partial charge is 0.496 e. The van der Waals surface area contributed by atoms with Crippen LogP contribution in [0.2, 0.25) is 0 Å². The van der Waals surface area contributed by atoms with Gasteiger partial charge in [0.2, 0.25) is 0 Å². The number of amides is 1. The second-order valence-electron chi connectivity index (χ2n) is 4.00. The molecule has 100 valence electrons. The first-order valence-corrected chi connectivity index (χ1v) is 5.81. The van der Waals surface area contributed by atoms with E-state index in [4.69, 9.17) is 9.47 Å². The Labute approximate surface area is 108 Å². The van der Waals surface area contributed by atoms with E-state index in [0.717, 1.165) is 11.3 Å². The van der Waals surface area contributed by atoms with Gasteiger partial charge in [-0.05, 0) is 25.1 Å². The first kappa shape index (κ1) is 14.5. The molecule has 1 rings (SSSR count). The van der Waals surface area contributed by atoms with Gasteiger partial charge < -0.3 is 9.47 Å². The zero-order valence-electron chi connectivity index (χ0n) is 11.3. The Kier molecular flexibility index (Phi) is 5.61. The maximum Gasteiger partial charge on any atom is 0.265 e. The van der Waals surface area contributed by atoms with Gasteiger partial charge >= 0.3 is 0 Å². The molecule has 18 heavy (non-hydrogen) atoms. The molecule has 0 unspecified atom stereocenters. The lowest BCUT2D eigenvalue weighted by Crippen LogP contribution is -2.36. The first-order valence-electron chi connectivity index (χ1n) is 5.81. The summed E-state index contributed by atoms with van der Waals surface area (Å²) in [6.45, 7) is 2.98. The maximum atomic E-state index is 11.8. The van der Waals surface area contributed by atoms with E-state index in [0.29, 0.717) is 18.8 Å². The normalized spacial score (nSPS) is 10.5. The lowest BCUT2D eigenvalue weighted by atomic mass is 10.1. The molecule has 0 saturated carbocycles. The van der Waals surface area contributed by atoms with Crippen LogP contribution in [0.1, 0.15) is 22.8 Å². The summed E-state index contributed by atoms with van der Waals surface area (Å²) in [6, 6.07) is 5.29. The molecular weight excluding hydrogens is 232 g/mol. The summed E-state index contributed by atoms with van der Waals surface area (Å²) in [5.41, 5.74) is 4.14. The number of nitrogens with one attached hydrogen (secondary N) is 1. The maximum absolute atomic E-state index is 11.8. The van der Waals surface area contributed by atoms with E-state index in [9.17, 15) is 4.79 Å². The van der Waals surface area contributed by atoms with Crippen molar-refractivity contribution in [2.24, 2.45) is 0 Å². The molecule has 0 radical (unpaired) electrons.